The van der Waals surface area contributed by atoms with Crippen LogP contribution in [0.15, 0.2) is 67.0 Å². The molecule has 0 aliphatic rings. The van der Waals surface area contributed by atoms with Gasteiger partial charge in [0, 0.05) is 23.2 Å². The summed E-state index contributed by atoms with van der Waals surface area (Å²) in [4.78, 5) is 23.9. The summed E-state index contributed by atoms with van der Waals surface area (Å²) in [6.45, 7) is 1.87. The number of nitrogens with one attached hydrogen (secondary N) is 2. The first-order chi connectivity index (χ1) is 12.7. The van der Waals surface area contributed by atoms with Crippen LogP contribution < -0.4 is 10.1 Å². The molecule has 1 aromatic carbocycles. The zero-order valence-electron chi connectivity index (χ0n) is 14.1. The molecule has 1 amide bonds. The van der Waals surface area contributed by atoms with Gasteiger partial charge in [0.05, 0.1) is 17.6 Å². The lowest BCUT2D eigenvalue weighted by Crippen LogP contribution is -2.12. The molecule has 26 heavy (non-hydrogen) atoms. The summed E-state index contributed by atoms with van der Waals surface area (Å²) in [5, 5.41) is 3.81. The average Bonchev–Trinajstić information content (AvgIpc) is 3.10. The van der Waals surface area contributed by atoms with Crippen molar-refractivity contribution >= 4 is 22.5 Å². The van der Waals surface area contributed by atoms with Crippen molar-refractivity contribution in [3.05, 3.63) is 78.4 Å². The highest BCUT2D eigenvalue weighted by molar-refractivity contribution is 6.05. The number of nitrogens with zero attached hydrogens (tertiary/aromatic N) is 2. The topological polar surface area (TPSA) is 79.9 Å². The van der Waals surface area contributed by atoms with Gasteiger partial charge in [-0.15, -0.1) is 0 Å². The molecule has 3 heterocycles. The van der Waals surface area contributed by atoms with Crippen molar-refractivity contribution in [2.45, 2.75) is 6.92 Å². The molecule has 0 aliphatic carbocycles. The number of amides is 1. The largest absolute Gasteiger partial charge is 0.437 e. The molecule has 0 saturated heterocycles. The van der Waals surface area contributed by atoms with E-state index in [9.17, 15) is 4.79 Å². The SMILES string of the molecule is Cc1ncccc1Oc1ccc(NC(=O)c2cc3ccccc3[nH]2)cn1. The number of fused-ring (bicyclic) bond motifs is 1. The molecule has 6 nitrogen and oxygen atoms in total. The first-order valence-electron chi connectivity index (χ1n) is 8.14. The van der Waals surface area contributed by atoms with Gasteiger partial charge in [0.15, 0.2) is 5.75 Å². The van der Waals surface area contributed by atoms with E-state index >= 15 is 0 Å². The highest BCUT2D eigenvalue weighted by Gasteiger charge is 2.10. The Balaban J connectivity index is 1.47. The average molecular weight is 344 g/mol. The van der Waals surface area contributed by atoms with Gasteiger partial charge in [0.1, 0.15) is 5.69 Å². The van der Waals surface area contributed by atoms with Crippen molar-refractivity contribution in [3.63, 3.8) is 0 Å². The Morgan fingerprint density at radius 3 is 2.73 bits per heavy atom. The van der Waals surface area contributed by atoms with Gasteiger partial charge >= 0.3 is 0 Å². The van der Waals surface area contributed by atoms with Crippen LogP contribution in [-0.2, 0) is 0 Å². The minimum absolute atomic E-state index is 0.222. The maximum absolute atomic E-state index is 12.4. The second-order valence-electron chi connectivity index (χ2n) is 5.80. The molecule has 0 fully saturated rings. The van der Waals surface area contributed by atoms with Crippen molar-refractivity contribution < 1.29 is 9.53 Å². The van der Waals surface area contributed by atoms with Gasteiger partial charge in [-0.1, -0.05) is 18.2 Å². The molecule has 0 unspecified atom stereocenters. The number of aryl methyl sites for hydroxylation is 1. The van der Waals surface area contributed by atoms with E-state index in [4.69, 9.17) is 4.74 Å². The molecule has 3 aromatic heterocycles. The molecule has 0 spiro atoms. The third kappa shape index (κ3) is 3.25. The lowest BCUT2D eigenvalue weighted by atomic mass is 10.2. The van der Waals surface area contributed by atoms with Gasteiger partial charge in [-0.3, -0.25) is 9.78 Å². The molecule has 0 saturated carbocycles. The molecule has 4 aromatic rings. The molecule has 128 valence electrons. The summed E-state index contributed by atoms with van der Waals surface area (Å²) in [6.07, 6.45) is 3.26. The van der Waals surface area contributed by atoms with Crippen LogP contribution in [0.4, 0.5) is 5.69 Å². The van der Waals surface area contributed by atoms with Gasteiger partial charge < -0.3 is 15.0 Å². The predicted octanol–water partition coefficient (Wildman–Crippen LogP) is 4.31. The minimum Gasteiger partial charge on any atom is -0.437 e. The molecule has 0 radical (unpaired) electrons. The molecule has 0 atom stereocenters. The number of hydrogen-bond acceptors (Lipinski definition) is 4. The molecular weight excluding hydrogens is 328 g/mol. The predicted molar refractivity (Wildman–Crippen MR) is 99.5 cm³/mol. The van der Waals surface area contributed by atoms with Crippen LogP contribution in [0.3, 0.4) is 0 Å². The molecular formula is C20H16N4O2. The van der Waals surface area contributed by atoms with Gasteiger partial charge in [0.25, 0.3) is 5.91 Å². The Labute approximate surface area is 149 Å². The van der Waals surface area contributed by atoms with E-state index in [0.717, 1.165) is 16.6 Å². The summed E-state index contributed by atoms with van der Waals surface area (Å²) in [6, 6.07) is 16.6. The quantitative estimate of drug-likeness (QED) is 0.578. The van der Waals surface area contributed by atoms with Crippen molar-refractivity contribution in [2.24, 2.45) is 0 Å². The van der Waals surface area contributed by atoms with E-state index in [1.54, 1.807) is 30.6 Å². The summed E-state index contributed by atoms with van der Waals surface area (Å²) >= 11 is 0. The zero-order valence-corrected chi connectivity index (χ0v) is 14.1. The number of H-pyrrole nitrogens is 1. The third-order valence-corrected chi connectivity index (χ3v) is 3.94. The maximum atomic E-state index is 12.4. The van der Waals surface area contributed by atoms with Crippen molar-refractivity contribution in [1.29, 1.82) is 0 Å². The zero-order chi connectivity index (χ0) is 17.9. The van der Waals surface area contributed by atoms with E-state index < -0.39 is 0 Å². The summed E-state index contributed by atoms with van der Waals surface area (Å²) < 4.78 is 5.70. The van der Waals surface area contributed by atoms with E-state index in [1.807, 2.05) is 43.3 Å². The first-order valence-corrected chi connectivity index (χ1v) is 8.14. The van der Waals surface area contributed by atoms with Crippen LogP contribution in [0.1, 0.15) is 16.2 Å². The van der Waals surface area contributed by atoms with Crippen molar-refractivity contribution in [2.75, 3.05) is 5.32 Å². The van der Waals surface area contributed by atoms with Crippen LogP contribution in [0.5, 0.6) is 11.6 Å². The normalized spacial score (nSPS) is 10.7. The fraction of sp³-hybridized carbons (Fsp3) is 0.0500. The number of ether oxygens (including phenoxy) is 1. The highest BCUT2D eigenvalue weighted by Crippen LogP contribution is 2.22. The number of carbonyl (C=O) groups is 1. The number of benzene rings is 1. The summed E-state index contributed by atoms with van der Waals surface area (Å²) in [5.41, 5.74) is 2.79. The lowest BCUT2D eigenvalue weighted by Gasteiger charge is -2.08. The van der Waals surface area contributed by atoms with E-state index in [2.05, 4.69) is 20.3 Å². The number of hydrogen-bond donors (Lipinski definition) is 2. The number of rotatable bonds is 4. The number of pyridine rings is 2. The van der Waals surface area contributed by atoms with E-state index in [-0.39, 0.29) is 5.91 Å². The minimum atomic E-state index is -0.222. The Kier molecular flexibility index (Phi) is 4.07. The van der Waals surface area contributed by atoms with Crippen LogP contribution in [-0.4, -0.2) is 20.9 Å². The van der Waals surface area contributed by atoms with Crippen LogP contribution in [0.25, 0.3) is 10.9 Å². The lowest BCUT2D eigenvalue weighted by molar-refractivity contribution is 0.102. The van der Waals surface area contributed by atoms with Gasteiger partial charge in [0.2, 0.25) is 5.88 Å². The summed E-state index contributed by atoms with van der Waals surface area (Å²) in [7, 11) is 0. The second-order valence-corrected chi connectivity index (χ2v) is 5.80. The Morgan fingerprint density at radius 1 is 1.08 bits per heavy atom. The van der Waals surface area contributed by atoms with Gasteiger partial charge in [-0.2, -0.15) is 0 Å². The highest BCUT2D eigenvalue weighted by atomic mass is 16.5. The third-order valence-electron chi connectivity index (χ3n) is 3.94. The number of carbonyl (C=O) groups excluding carboxylic acids is 1. The first kappa shape index (κ1) is 15.8. The van der Waals surface area contributed by atoms with E-state index in [0.29, 0.717) is 23.0 Å². The Hall–Kier alpha value is -3.67. The number of anilines is 1. The second kappa shape index (κ2) is 6.68. The monoisotopic (exact) mass is 344 g/mol. The maximum Gasteiger partial charge on any atom is 0.272 e. The fourth-order valence-electron chi connectivity index (χ4n) is 2.60. The number of aromatic nitrogens is 3. The smallest absolute Gasteiger partial charge is 0.272 e. The Bertz CT molecular complexity index is 1040. The van der Waals surface area contributed by atoms with Crippen LogP contribution in [0, 0.1) is 6.92 Å². The standard InChI is InChI=1S/C20H16N4O2/c1-13-18(7-4-10-21-13)26-19-9-8-15(12-22-19)23-20(25)17-11-14-5-2-3-6-16(14)24-17/h2-12,24H,1H3,(H,23,25). The molecule has 6 heteroatoms. The Morgan fingerprint density at radius 2 is 1.96 bits per heavy atom. The number of para-hydroxylation sites is 1. The van der Waals surface area contributed by atoms with Crippen molar-refractivity contribution in [1.82, 2.24) is 15.0 Å². The van der Waals surface area contributed by atoms with Crippen LogP contribution in [0.2, 0.25) is 0 Å². The molecule has 4 rings (SSSR count). The van der Waals surface area contributed by atoms with Crippen molar-refractivity contribution in [3.8, 4) is 11.6 Å². The molecule has 0 aliphatic heterocycles. The number of aromatic amines is 1. The molecule has 2 N–H and O–H groups in total. The fourth-order valence-corrected chi connectivity index (χ4v) is 2.60. The summed E-state index contributed by atoms with van der Waals surface area (Å²) in [5.74, 6) is 0.861. The van der Waals surface area contributed by atoms with E-state index in [1.165, 1.54) is 0 Å². The molecule has 0 bridgehead atoms. The van der Waals surface area contributed by atoms with Gasteiger partial charge in [-0.25, -0.2) is 4.98 Å². The van der Waals surface area contributed by atoms with Gasteiger partial charge in [-0.05, 0) is 37.3 Å². The van der Waals surface area contributed by atoms with Crippen LogP contribution >= 0.6 is 0 Å².